The van der Waals surface area contributed by atoms with Crippen LogP contribution in [0.2, 0.25) is 5.02 Å². The van der Waals surface area contributed by atoms with Crippen LogP contribution in [-0.2, 0) is 13.0 Å². The van der Waals surface area contributed by atoms with Crippen molar-refractivity contribution in [1.29, 1.82) is 0 Å². The molecule has 1 aliphatic rings. The summed E-state index contributed by atoms with van der Waals surface area (Å²) in [7, 11) is 0. The second-order valence-corrected chi connectivity index (χ2v) is 9.02. The molecule has 9 heteroatoms. The van der Waals surface area contributed by atoms with Gasteiger partial charge in [0, 0.05) is 30.0 Å². The molecule has 1 fully saturated rings. The Kier molecular flexibility index (Phi) is 4.69. The van der Waals surface area contributed by atoms with Crippen LogP contribution in [-0.4, -0.2) is 34.3 Å². The Hall–Kier alpha value is -3.65. The van der Waals surface area contributed by atoms with Gasteiger partial charge in [0.1, 0.15) is 11.5 Å². The first-order valence-electron chi connectivity index (χ1n) is 11.0. The zero-order valence-electron chi connectivity index (χ0n) is 17.9. The van der Waals surface area contributed by atoms with Crippen LogP contribution in [0.4, 0.5) is 5.82 Å². The fourth-order valence-electron chi connectivity index (χ4n) is 4.31. The minimum Gasteiger partial charge on any atom is -0.385 e. The Balaban J connectivity index is 1.15. The topological polar surface area (TPSA) is 95.5 Å². The number of hydrogen-bond donors (Lipinski definition) is 1. The zero-order chi connectivity index (χ0) is 22.5. The highest BCUT2D eigenvalue weighted by molar-refractivity contribution is 6.30. The van der Waals surface area contributed by atoms with E-state index in [2.05, 4.69) is 21.1 Å². The number of nitrogens with zero attached hydrogens (tertiary/aromatic N) is 6. The summed E-state index contributed by atoms with van der Waals surface area (Å²) in [6, 6.07) is 7.77. The van der Waals surface area contributed by atoms with Crippen molar-refractivity contribution in [1.82, 2.24) is 28.5 Å². The summed E-state index contributed by atoms with van der Waals surface area (Å²) in [6.45, 7) is 0.470. The molecule has 0 bridgehead atoms. The molecular formula is C24H22ClN7O. The predicted molar refractivity (Wildman–Crippen MR) is 126 cm³/mol. The molecule has 5 aromatic rings. The van der Waals surface area contributed by atoms with Gasteiger partial charge in [-0.25, -0.2) is 9.97 Å². The van der Waals surface area contributed by atoms with Crippen LogP contribution in [0.5, 0.6) is 0 Å². The number of carbonyl (C=O) groups excluding carboxylic acids is 1. The van der Waals surface area contributed by atoms with E-state index in [1.807, 2.05) is 39.4 Å². The summed E-state index contributed by atoms with van der Waals surface area (Å²) in [5, 5.41) is 5.01. The number of halogens is 1. The molecule has 5 heterocycles. The van der Waals surface area contributed by atoms with Crippen molar-refractivity contribution in [2.75, 3.05) is 5.73 Å². The molecule has 0 aromatic carbocycles. The second kappa shape index (κ2) is 7.74. The van der Waals surface area contributed by atoms with E-state index in [0.29, 0.717) is 35.9 Å². The first kappa shape index (κ1) is 20.0. The van der Waals surface area contributed by atoms with Gasteiger partial charge in [0.05, 0.1) is 41.5 Å². The molecule has 0 saturated heterocycles. The molecule has 1 saturated carbocycles. The molecule has 2 N–H and O–H groups in total. The number of carbonyl (C=O) groups is 1. The van der Waals surface area contributed by atoms with Crippen LogP contribution < -0.4 is 5.73 Å². The van der Waals surface area contributed by atoms with Gasteiger partial charge in [-0.2, -0.15) is 5.10 Å². The fourth-order valence-corrected chi connectivity index (χ4v) is 4.46. The van der Waals surface area contributed by atoms with E-state index < -0.39 is 0 Å². The van der Waals surface area contributed by atoms with E-state index in [9.17, 15) is 4.79 Å². The highest BCUT2D eigenvalue weighted by atomic mass is 35.5. The van der Waals surface area contributed by atoms with E-state index in [4.69, 9.17) is 17.3 Å². The summed E-state index contributed by atoms with van der Waals surface area (Å²) in [6.07, 6.45) is 12.2. The normalized spacial score (nSPS) is 13.8. The third-order valence-corrected chi connectivity index (χ3v) is 6.45. The molecular weight excluding hydrogens is 438 g/mol. The van der Waals surface area contributed by atoms with Gasteiger partial charge in [-0.15, -0.1) is 0 Å². The lowest BCUT2D eigenvalue weighted by atomic mass is 10.1. The molecule has 0 atom stereocenters. The van der Waals surface area contributed by atoms with E-state index in [1.165, 1.54) is 18.4 Å². The Morgan fingerprint density at radius 2 is 2.09 bits per heavy atom. The molecule has 0 unspecified atom stereocenters. The number of Topliss-reactive ketones (excluding diaryl/α,β-unsaturated/α-hetero) is 1. The lowest BCUT2D eigenvalue weighted by molar-refractivity contribution is 0.0982. The lowest BCUT2D eigenvalue weighted by Gasteiger charge is -2.05. The summed E-state index contributed by atoms with van der Waals surface area (Å²) >= 11 is 6.10. The fraction of sp³-hybridized carbons (Fsp3) is 0.250. The maximum atomic E-state index is 12.8. The third kappa shape index (κ3) is 3.76. The molecule has 0 spiro atoms. The molecule has 33 heavy (non-hydrogen) atoms. The predicted octanol–water partition coefficient (Wildman–Crippen LogP) is 4.16. The highest BCUT2D eigenvalue weighted by Gasteiger charge is 2.26. The van der Waals surface area contributed by atoms with Crippen molar-refractivity contribution in [2.24, 2.45) is 0 Å². The van der Waals surface area contributed by atoms with Crippen molar-refractivity contribution in [3.05, 3.63) is 82.9 Å². The van der Waals surface area contributed by atoms with Gasteiger partial charge in [-0.05, 0) is 48.9 Å². The lowest BCUT2D eigenvalue weighted by Crippen LogP contribution is -2.02. The number of rotatable bonds is 7. The highest BCUT2D eigenvalue weighted by Crippen LogP contribution is 2.42. The summed E-state index contributed by atoms with van der Waals surface area (Å²) < 4.78 is 5.58. The van der Waals surface area contributed by atoms with Crippen LogP contribution in [0, 0.1) is 0 Å². The number of pyridine rings is 2. The van der Waals surface area contributed by atoms with Gasteiger partial charge in [0.25, 0.3) is 0 Å². The van der Waals surface area contributed by atoms with Crippen LogP contribution in [0.15, 0.2) is 55.4 Å². The van der Waals surface area contributed by atoms with Crippen molar-refractivity contribution >= 4 is 34.4 Å². The van der Waals surface area contributed by atoms with Crippen LogP contribution in [0.25, 0.3) is 11.2 Å². The Bertz CT molecular complexity index is 1510. The van der Waals surface area contributed by atoms with Gasteiger partial charge in [0.15, 0.2) is 5.78 Å². The van der Waals surface area contributed by atoms with Gasteiger partial charge < -0.3 is 10.1 Å². The third-order valence-electron chi connectivity index (χ3n) is 6.22. The molecule has 6 rings (SSSR count). The molecule has 0 amide bonds. The van der Waals surface area contributed by atoms with Gasteiger partial charge in [-0.1, -0.05) is 17.7 Å². The number of imidazole rings is 2. The Morgan fingerprint density at radius 3 is 2.94 bits per heavy atom. The number of fused-ring (bicyclic) bond motifs is 2. The first-order valence-corrected chi connectivity index (χ1v) is 11.4. The molecule has 8 nitrogen and oxygen atoms in total. The number of aromatic nitrogens is 6. The van der Waals surface area contributed by atoms with Crippen LogP contribution in [0.3, 0.4) is 0 Å². The second-order valence-electron chi connectivity index (χ2n) is 8.59. The number of nitrogen functional groups attached to an aromatic ring is 1. The molecule has 5 aromatic heterocycles. The standard InChI is InChI=1S/C24H22ClN7O/c25-17-7-8-30-14-27-20(21(30)9-17)4-5-22(33)16-10-28-31(11-16)12-18-13-32-23(29-18)6-3-19(24(32)26)15-1-2-15/h3,6-11,13-15H,1-2,4-5,12,26H2. The zero-order valence-corrected chi connectivity index (χ0v) is 18.6. The van der Waals surface area contributed by atoms with E-state index in [-0.39, 0.29) is 5.78 Å². The summed E-state index contributed by atoms with van der Waals surface area (Å²) in [5.41, 5.74) is 11.6. The van der Waals surface area contributed by atoms with Crippen molar-refractivity contribution in [2.45, 2.75) is 38.1 Å². The Labute approximate surface area is 194 Å². The number of anilines is 1. The Morgan fingerprint density at radius 1 is 1.21 bits per heavy atom. The quantitative estimate of drug-likeness (QED) is 0.369. The summed E-state index contributed by atoms with van der Waals surface area (Å²) in [4.78, 5) is 21.8. The van der Waals surface area contributed by atoms with Crippen molar-refractivity contribution in [3.8, 4) is 0 Å². The average Bonchev–Trinajstić information content (AvgIpc) is 3.20. The van der Waals surface area contributed by atoms with Gasteiger partial charge >= 0.3 is 0 Å². The minimum absolute atomic E-state index is 0.0257. The maximum Gasteiger partial charge on any atom is 0.166 e. The first-order chi connectivity index (χ1) is 16.0. The van der Waals surface area contributed by atoms with E-state index >= 15 is 0 Å². The largest absolute Gasteiger partial charge is 0.385 e. The molecule has 0 aliphatic heterocycles. The van der Waals surface area contributed by atoms with Crippen molar-refractivity contribution in [3.63, 3.8) is 0 Å². The maximum absolute atomic E-state index is 12.8. The molecule has 166 valence electrons. The number of nitrogens with two attached hydrogens (primary N) is 1. The molecule has 0 radical (unpaired) electrons. The van der Waals surface area contributed by atoms with Crippen LogP contribution >= 0.6 is 11.6 Å². The number of aryl methyl sites for hydroxylation is 1. The van der Waals surface area contributed by atoms with E-state index in [0.717, 1.165) is 28.4 Å². The number of ketones is 1. The summed E-state index contributed by atoms with van der Waals surface area (Å²) in [5.74, 6) is 1.37. The molecule has 1 aliphatic carbocycles. The van der Waals surface area contributed by atoms with Crippen molar-refractivity contribution < 1.29 is 4.79 Å². The van der Waals surface area contributed by atoms with E-state index in [1.54, 1.807) is 23.4 Å². The average molecular weight is 460 g/mol. The minimum atomic E-state index is 0.0257. The van der Waals surface area contributed by atoms with Gasteiger partial charge in [0.2, 0.25) is 0 Å². The SMILES string of the molecule is Nc1c(C2CC2)ccc2nc(Cn3cc(C(=O)CCc4ncn5ccc(Cl)cc45)cn3)cn12. The van der Waals surface area contributed by atoms with Crippen LogP contribution in [0.1, 0.15) is 52.5 Å². The smallest absolute Gasteiger partial charge is 0.166 e. The monoisotopic (exact) mass is 459 g/mol. The van der Waals surface area contributed by atoms with Gasteiger partial charge in [-0.3, -0.25) is 13.9 Å². The number of hydrogen-bond acceptors (Lipinski definition) is 5.